The van der Waals surface area contributed by atoms with E-state index in [0.29, 0.717) is 18.4 Å². The molecule has 2 aromatic carbocycles. The van der Waals surface area contributed by atoms with Crippen molar-refractivity contribution >= 4 is 22.5 Å². The van der Waals surface area contributed by atoms with E-state index in [0.717, 1.165) is 29.4 Å². The molecular formula is C24H21F3N2O3. The summed E-state index contributed by atoms with van der Waals surface area (Å²) in [7, 11) is 0. The van der Waals surface area contributed by atoms with Crippen molar-refractivity contribution in [3.8, 4) is 11.5 Å². The van der Waals surface area contributed by atoms with Gasteiger partial charge in [-0.2, -0.15) is 0 Å². The van der Waals surface area contributed by atoms with Gasteiger partial charge in [-0.15, -0.1) is 8.78 Å². The van der Waals surface area contributed by atoms with Crippen LogP contribution >= 0.6 is 0 Å². The summed E-state index contributed by atoms with van der Waals surface area (Å²) < 4.78 is 52.7. The number of nitrogens with zero attached hydrogens (tertiary/aromatic N) is 1. The van der Waals surface area contributed by atoms with E-state index in [-0.39, 0.29) is 28.6 Å². The lowest BCUT2D eigenvalue weighted by Gasteiger charge is -2.23. The molecular weight excluding hydrogens is 421 g/mol. The average Bonchev–Trinajstić information content (AvgIpc) is 3.25. The zero-order chi connectivity index (χ0) is 22.5. The molecule has 1 aliphatic carbocycles. The molecule has 0 atom stereocenters. The first-order valence-corrected chi connectivity index (χ1v) is 10.6. The summed E-state index contributed by atoms with van der Waals surface area (Å²) in [6.07, 6.45) is -0.719. The molecule has 1 N–H and O–H groups in total. The maximum Gasteiger partial charge on any atom is 0.586 e. The van der Waals surface area contributed by atoms with E-state index in [9.17, 15) is 18.0 Å². The minimum Gasteiger partial charge on any atom is -0.395 e. The van der Waals surface area contributed by atoms with Gasteiger partial charge in [-0.05, 0) is 75.4 Å². The normalized spacial score (nSPS) is 20.9. The van der Waals surface area contributed by atoms with Crippen LogP contribution in [0.15, 0.2) is 36.4 Å². The molecule has 1 fully saturated rings. The van der Waals surface area contributed by atoms with Crippen LogP contribution in [0.5, 0.6) is 11.5 Å². The van der Waals surface area contributed by atoms with E-state index in [2.05, 4.69) is 33.2 Å². The number of nitrogens with one attached hydrogen (secondary N) is 1. The number of carbonyl (C=O) groups is 1. The number of rotatable bonds is 3. The number of halogens is 3. The van der Waals surface area contributed by atoms with Gasteiger partial charge in [-0.3, -0.25) is 4.79 Å². The number of carbonyl (C=O) groups excluding carboxylic acids is 1. The predicted molar refractivity (Wildman–Crippen MR) is 112 cm³/mol. The van der Waals surface area contributed by atoms with Crippen LogP contribution < -0.4 is 14.8 Å². The molecule has 0 spiro atoms. The van der Waals surface area contributed by atoms with Crippen molar-refractivity contribution in [3.05, 3.63) is 53.5 Å². The second-order valence-corrected chi connectivity index (χ2v) is 9.54. The zero-order valence-corrected chi connectivity index (χ0v) is 17.6. The van der Waals surface area contributed by atoms with Crippen molar-refractivity contribution in [2.45, 2.75) is 56.8 Å². The van der Waals surface area contributed by atoms with Crippen LogP contribution in [0.2, 0.25) is 0 Å². The Balaban J connectivity index is 1.33. The second kappa shape index (κ2) is 5.99. The van der Waals surface area contributed by atoms with E-state index < -0.39 is 17.5 Å². The molecule has 0 unspecified atom stereocenters. The topological polar surface area (TPSA) is 52.5 Å². The number of hydrogen-bond acceptors (Lipinski definition) is 3. The molecule has 0 radical (unpaired) electrons. The van der Waals surface area contributed by atoms with Gasteiger partial charge in [0, 0.05) is 16.6 Å². The van der Waals surface area contributed by atoms with Gasteiger partial charge in [0.15, 0.2) is 11.5 Å². The Hall–Kier alpha value is -3.16. The van der Waals surface area contributed by atoms with Crippen molar-refractivity contribution in [2.75, 3.05) is 5.32 Å². The lowest BCUT2D eigenvalue weighted by molar-refractivity contribution is -0.286. The van der Waals surface area contributed by atoms with Gasteiger partial charge in [0.05, 0.1) is 16.6 Å². The minimum atomic E-state index is -3.72. The number of ether oxygens (including phenoxy) is 2. The quantitative estimate of drug-likeness (QED) is 0.587. The molecule has 0 bridgehead atoms. The Kier molecular flexibility index (Phi) is 3.66. The van der Waals surface area contributed by atoms with E-state index in [4.69, 9.17) is 0 Å². The summed E-state index contributed by atoms with van der Waals surface area (Å²) in [6.45, 7) is 4.29. The summed E-state index contributed by atoms with van der Waals surface area (Å²) in [5.74, 6) is -1.05. The second-order valence-electron chi connectivity index (χ2n) is 9.54. The number of hydrogen-bond donors (Lipinski definition) is 1. The molecule has 3 heterocycles. The molecule has 6 rings (SSSR count). The van der Waals surface area contributed by atoms with Gasteiger partial charge < -0.3 is 19.4 Å². The molecule has 5 nitrogen and oxygen atoms in total. The summed E-state index contributed by atoms with van der Waals surface area (Å²) >= 11 is 0. The van der Waals surface area contributed by atoms with Gasteiger partial charge in [-0.1, -0.05) is 6.07 Å². The number of aromatic nitrogens is 1. The third-order valence-corrected chi connectivity index (χ3v) is 6.95. The third-order valence-electron chi connectivity index (χ3n) is 6.95. The third kappa shape index (κ3) is 2.74. The molecule has 32 heavy (non-hydrogen) atoms. The highest BCUT2D eigenvalue weighted by Crippen LogP contribution is 2.52. The van der Waals surface area contributed by atoms with Gasteiger partial charge in [-0.25, -0.2) is 4.39 Å². The van der Waals surface area contributed by atoms with Crippen LogP contribution in [-0.4, -0.2) is 16.8 Å². The molecule has 166 valence electrons. The first-order chi connectivity index (χ1) is 15.1. The lowest BCUT2D eigenvalue weighted by atomic mass is 9.94. The highest BCUT2D eigenvalue weighted by Gasteiger charge is 2.53. The van der Waals surface area contributed by atoms with Gasteiger partial charge in [0.1, 0.15) is 5.82 Å². The summed E-state index contributed by atoms with van der Waals surface area (Å²) in [6, 6.07) is 9.51. The number of aryl methyl sites for hydroxylation is 1. The van der Waals surface area contributed by atoms with Crippen LogP contribution in [0.3, 0.4) is 0 Å². The molecule has 0 saturated heterocycles. The van der Waals surface area contributed by atoms with Crippen LogP contribution in [0, 0.1) is 5.82 Å². The zero-order valence-electron chi connectivity index (χ0n) is 17.6. The maximum absolute atomic E-state index is 14.9. The summed E-state index contributed by atoms with van der Waals surface area (Å²) in [4.78, 5) is 13.2. The Labute approximate surface area is 182 Å². The van der Waals surface area contributed by atoms with Crippen LogP contribution in [0.25, 0.3) is 10.9 Å². The van der Waals surface area contributed by atoms with E-state index >= 15 is 0 Å². The predicted octanol–water partition coefficient (Wildman–Crippen LogP) is 5.45. The Morgan fingerprint density at radius 2 is 1.78 bits per heavy atom. The highest BCUT2D eigenvalue weighted by atomic mass is 19.3. The van der Waals surface area contributed by atoms with Crippen LogP contribution in [0.4, 0.5) is 18.9 Å². The van der Waals surface area contributed by atoms with Crippen molar-refractivity contribution in [1.29, 1.82) is 0 Å². The van der Waals surface area contributed by atoms with E-state index in [1.165, 1.54) is 18.2 Å². The molecule has 1 amide bonds. The average molecular weight is 442 g/mol. The smallest absolute Gasteiger partial charge is 0.395 e. The fourth-order valence-corrected chi connectivity index (χ4v) is 5.09. The molecule has 1 saturated carbocycles. The lowest BCUT2D eigenvalue weighted by Crippen LogP contribution is -2.28. The van der Waals surface area contributed by atoms with Crippen molar-refractivity contribution in [2.24, 2.45) is 0 Å². The minimum absolute atomic E-state index is 0.0730. The first-order valence-electron chi connectivity index (χ1n) is 10.6. The van der Waals surface area contributed by atoms with Crippen LogP contribution in [0.1, 0.15) is 44.4 Å². The van der Waals surface area contributed by atoms with Crippen molar-refractivity contribution < 1.29 is 27.4 Å². The number of anilines is 1. The monoisotopic (exact) mass is 442 g/mol. The Bertz CT molecular complexity index is 1310. The Morgan fingerprint density at radius 3 is 2.53 bits per heavy atom. The van der Waals surface area contributed by atoms with Crippen LogP contribution in [-0.2, 0) is 22.2 Å². The van der Waals surface area contributed by atoms with E-state index in [1.54, 1.807) is 12.1 Å². The summed E-state index contributed by atoms with van der Waals surface area (Å²) in [5.41, 5.74) is 1.71. The largest absolute Gasteiger partial charge is 0.586 e. The highest BCUT2D eigenvalue weighted by molar-refractivity contribution is 6.02. The summed E-state index contributed by atoms with van der Waals surface area (Å²) in [5, 5.41) is 3.56. The van der Waals surface area contributed by atoms with E-state index in [1.807, 2.05) is 6.07 Å². The fourth-order valence-electron chi connectivity index (χ4n) is 5.09. The standard InChI is InChI=1S/C24H21F3N2O3/c1-22(2)6-5-15-9-13-10-16(25)17(12-18(13)29(15)22)28-21(30)23(7-8-23)14-3-4-19-20(11-14)32-24(26,27)31-19/h3-4,9-12H,5-8H2,1-2H3,(H,28,30). The first kappa shape index (κ1) is 19.5. The molecule has 3 aliphatic rings. The van der Waals surface area contributed by atoms with Gasteiger partial charge >= 0.3 is 6.29 Å². The maximum atomic E-state index is 14.9. The Morgan fingerprint density at radius 1 is 1.03 bits per heavy atom. The van der Waals surface area contributed by atoms with Gasteiger partial charge in [0.25, 0.3) is 0 Å². The number of benzene rings is 2. The number of alkyl halides is 2. The molecule has 1 aromatic heterocycles. The number of fused-ring (bicyclic) bond motifs is 4. The molecule has 2 aliphatic heterocycles. The number of amides is 1. The van der Waals surface area contributed by atoms with Crippen molar-refractivity contribution in [1.82, 2.24) is 4.57 Å². The SMILES string of the molecule is CC1(C)CCc2cc3cc(F)c(NC(=O)C4(c5ccc6c(c5)OC(F)(F)O6)CC4)cc3n21. The van der Waals surface area contributed by atoms with Crippen molar-refractivity contribution in [3.63, 3.8) is 0 Å². The molecule has 3 aromatic rings. The van der Waals surface area contributed by atoms with Gasteiger partial charge in [0.2, 0.25) is 5.91 Å². The fraction of sp³-hybridized carbons (Fsp3) is 0.375. The molecule has 8 heteroatoms.